The van der Waals surface area contributed by atoms with Gasteiger partial charge in [0, 0.05) is 0 Å². The van der Waals surface area contributed by atoms with Crippen LogP contribution < -0.4 is 5.32 Å². The summed E-state index contributed by atoms with van der Waals surface area (Å²) < 4.78 is 0. The number of benzene rings is 1. The third kappa shape index (κ3) is 2.72. The topological polar surface area (TPSA) is 12.0 Å². The Balaban J connectivity index is 1.86. The van der Waals surface area contributed by atoms with Gasteiger partial charge in [0.15, 0.2) is 0 Å². The van der Waals surface area contributed by atoms with Crippen molar-refractivity contribution in [3.63, 3.8) is 0 Å². The number of aryl methyl sites for hydroxylation is 2. The Bertz CT molecular complexity index is 431. The minimum atomic E-state index is 0.796. The van der Waals surface area contributed by atoms with Gasteiger partial charge < -0.3 is 5.32 Å². The first kappa shape index (κ1) is 13.2. The smallest absolute Gasteiger partial charge is 0.00120 e. The van der Waals surface area contributed by atoms with Gasteiger partial charge in [-0.15, -0.1) is 0 Å². The van der Waals surface area contributed by atoms with Crippen LogP contribution in [0.3, 0.4) is 0 Å². The van der Waals surface area contributed by atoms with E-state index in [-0.39, 0.29) is 0 Å². The molecule has 0 amide bonds. The molecule has 2 aliphatic rings. The average Bonchev–Trinajstić information content (AvgIpc) is 2.93. The predicted molar refractivity (Wildman–Crippen MR) is 81.6 cm³/mol. The first-order valence-corrected chi connectivity index (χ1v) is 8.03. The van der Waals surface area contributed by atoms with Gasteiger partial charge in [0.05, 0.1) is 0 Å². The molecule has 1 saturated heterocycles. The molecule has 0 aromatic heterocycles. The molecule has 0 radical (unpaired) electrons. The Morgan fingerprint density at radius 2 is 1.84 bits per heavy atom. The van der Waals surface area contributed by atoms with Crippen LogP contribution in [-0.4, -0.2) is 13.1 Å². The molecule has 3 rings (SSSR count). The van der Waals surface area contributed by atoms with Gasteiger partial charge in [0.1, 0.15) is 0 Å². The molecule has 2 fully saturated rings. The zero-order chi connectivity index (χ0) is 13.2. The average molecular weight is 257 g/mol. The molecule has 0 bridgehead atoms. The van der Waals surface area contributed by atoms with E-state index in [4.69, 9.17) is 0 Å². The largest absolute Gasteiger partial charge is 0.316 e. The van der Waals surface area contributed by atoms with Crippen LogP contribution in [0.1, 0.15) is 54.7 Å². The van der Waals surface area contributed by atoms with Gasteiger partial charge in [-0.25, -0.2) is 0 Å². The SMILES string of the molecule is Cc1ccc(C2CCNCC2C2CCCC2)c(C)c1. The molecule has 2 atom stereocenters. The summed E-state index contributed by atoms with van der Waals surface area (Å²) in [5.74, 6) is 2.64. The molecule has 1 aliphatic heterocycles. The van der Waals surface area contributed by atoms with E-state index < -0.39 is 0 Å². The maximum atomic E-state index is 3.64. The molecule has 1 N–H and O–H groups in total. The predicted octanol–water partition coefficient (Wildman–Crippen LogP) is 4.19. The lowest BCUT2D eigenvalue weighted by atomic mass is 9.72. The van der Waals surface area contributed by atoms with E-state index in [2.05, 4.69) is 37.4 Å². The van der Waals surface area contributed by atoms with Gasteiger partial charge in [0.2, 0.25) is 0 Å². The van der Waals surface area contributed by atoms with Gasteiger partial charge in [-0.05, 0) is 62.2 Å². The molecule has 2 unspecified atom stereocenters. The quantitative estimate of drug-likeness (QED) is 0.838. The van der Waals surface area contributed by atoms with E-state index in [0.29, 0.717) is 0 Å². The van der Waals surface area contributed by atoms with Crippen molar-refractivity contribution in [1.29, 1.82) is 0 Å². The van der Waals surface area contributed by atoms with Crippen LogP contribution in [0.25, 0.3) is 0 Å². The standard InChI is InChI=1S/C18H27N/c1-13-7-8-16(14(2)11-13)17-9-10-19-12-18(17)15-5-3-4-6-15/h7-8,11,15,17-19H,3-6,9-10,12H2,1-2H3. The van der Waals surface area contributed by atoms with Crippen LogP contribution in [0.5, 0.6) is 0 Å². The second-order valence-electron chi connectivity index (χ2n) is 6.67. The molecule has 1 aliphatic carbocycles. The fourth-order valence-corrected chi connectivity index (χ4v) is 4.39. The van der Waals surface area contributed by atoms with Crippen LogP contribution in [0.15, 0.2) is 18.2 Å². The maximum Gasteiger partial charge on any atom is -0.00120 e. The molecule has 1 heteroatoms. The number of piperidine rings is 1. The summed E-state index contributed by atoms with van der Waals surface area (Å²) in [6.07, 6.45) is 7.17. The highest BCUT2D eigenvalue weighted by Crippen LogP contribution is 2.42. The molecule has 1 nitrogen and oxygen atoms in total. The summed E-state index contributed by atoms with van der Waals surface area (Å²) >= 11 is 0. The van der Waals surface area contributed by atoms with E-state index in [1.165, 1.54) is 56.3 Å². The van der Waals surface area contributed by atoms with Crippen molar-refractivity contribution in [2.24, 2.45) is 11.8 Å². The van der Waals surface area contributed by atoms with Gasteiger partial charge in [-0.3, -0.25) is 0 Å². The third-order valence-corrected chi connectivity index (χ3v) is 5.36. The second kappa shape index (κ2) is 5.66. The fourth-order valence-electron chi connectivity index (χ4n) is 4.39. The molecule has 19 heavy (non-hydrogen) atoms. The number of rotatable bonds is 2. The van der Waals surface area contributed by atoms with Crippen molar-refractivity contribution in [2.75, 3.05) is 13.1 Å². The summed E-state index contributed by atoms with van der Waals surface area (Å²) in [5, 5.41) is 3.64. The van der Waals surface area contributed by atoms with Crippen molar-refractivity contribution in [2.45, 2.75) is 51.9 Å². The zero-order valence-electron chi connectivity index (χ0n) is 12.4. The van der Waals surface area contributed by atoms with Gasteiger partial charge in [-0.2, -0.15) is 0 Å². The Labute approximate surface area is 117 Å². The van der Waals surface area contributed by atoms with Crippen molar-refractivity contribution < 1.29 is 0 Å². The monoisotopic (exact) mass is 257 g/mol. The third-order valence-electron chi connectivity index (χ3n) is 5.36. The van der Waals surface area contributed by atoms with Gasteiger partial charge >= 0.3 is 0 Å². The highest BCUT2D eigenvalue weighted by atomic mass is 14.9. The highest BCUT2D eigenvalue weighted by Gasteiger charge is 2.34. The molecule has 1 saturated carbocycles. The Morgan fingerprint density at radius 1 is 1.05 bits per heavy atom. The van der Waals surface area contributed by atoms with E-state index in [0.717, 1.165) is 17.8 Å². The number of hydrogen-bond acceptors (Lipinski definition) is 1. The van der Waals surface area contributed by atoms with Crippen LogP contribution in [-0.2, 0) is 0 Å². The number of nitrogens with one attached hydrogen (secondary N) is 1. The van der Waals surface area contributed by atoms with Crippen LogP contribution >= 0.6 is 0 Å². The summed E-state index contributed by atoms with van der Waals surface area (Å²) in [4.78, 5) is 0. The normalized spacial score (nSPS) is 28.7. The lowest BCUT2D eigenvalue weighted by Crippen LogP contribution is -2.39. The minimum Gasteiger partial charge on any atom is -0.316 e. The summed E-state index contributed by atoms with van der Waals surface area (Å²) in [6.45, 7) is 6.94. The number of hydrogen-bond donors (Lipinski definition) is 1. The first-order valence-electron chi connectivity index (χ1n) is 8.03. The summed E-state index contributed by atoms with van der Waals surface area (Å²) in [5.41, 5.74) is 4.53. The molecule has 1 aromatic rings. The molecular weight excluding hydrogens is 230 g/mol. The van der Waals surface area contributed by atoms with Crippen LogP contribution in [0, 0.1) is 25.7 Å². The van der Waals surface area contributed by atoms with Crippen LogP contribution in [0.2, 0.25) is 0 Å². The van der Waals surface area contributed by atoms with Gasteiger partial charge in [0.25, 0.3) is 0 Å². The fraction of sp³-hybridized carbons (Fsp3) is 0.667. The van der Waals surface area contributed by atoms with E-state index in [1.54, 1.807) is 5.56 Å². The molecule has 0 spiro atoms. The first-order chi connectivity index (χ1) is 9.25. The second-order valence-corrected chi connectivity index (χ2v) is 6.67. The van der Waals surface area contributed by atoms with Crippen molar-refractivity contribution >= 4 is 0 Å². The zero-order valence-corrected chi connectivity index (χ0v) is 12.4. The molecule has 1 heterocycles. The minimum absolute atomic E-state index is 0.796. The van der Waals surface area contributed by atoms with E-state index >= 15 is 0 Å². The van der Waals surface area contributed by atoms with Crippen LogP contribution in [0.4, 0.5) is 0 Å². The van der Waals surface area contributed by atoms with Crippen molar-refractivity contribution in [3.8, 4) is 0 Å². The van der Waals surface area contributed by atoms with Crippen molar-refractivity contribution in [3.05, 3.63) is 34.9 Å². The maximum absolute atomic E-state index is 3.64. The lowest BCUT2D eigenvalue weighted by Gasteiger charge is -2.37. The Kier molecular flexibility index (Phi) is 3.93. The Morgan fingerprint density at radius 3 is 2.58 bits per heavy atom. The molecule has 1 aromatic carbocycles. The Hall–Kier alpha value is -0.820. The highest BCUT2D eigenvalue weighted by molar-refractivity contribution is 5.34. The molecular formula is C18H27N. The summed E-state index contributed by atoms with van der Waals surface area (Å²) in [7, 11) is 0. The van der Waals surface area contributed by atoms with Crippen molar-refractivity contribution in [1.82, 2.24) is 5.32 Å². The van der Waals surface area contributed by atoms with E-state index in [1.807, 2.05) is 0 Å². The molecule has 104 valence electrons. The van der Waals surface area contributed by atoms with Gasteiger partial charge in [-0.1, -0.05) is 49.4 Å². The van der Waals surface area contributed by atoms with E-state index in [9.17, 15) is 0 Å². The summed E-state index contributed by atoms with van der Waals surface area (Å²) in [6, 6.07) is 7.07. The lowest BCUT2D eigenvalue weighted by molar-refractivity contribution is 0.230.